The molecule has 1 aromatic carbocycles. The molecule has 0 spiro atoms. The van der Waals surface area contributed by atoms with Crippen molar-refractivity contribution < 1.29 is 0 Å². The van der Waals surface area contributed by atoms with Crippen LogP contribution >= 0.6 is 0 Å². The Kier molecular flexibility index (Phi) is 7.96. The third kappa shape index (κ3) is 5.62. The summed E-state index contributed by atoms with van der Waals surface area (Å²) in [7, 11) is 0. The van der Waals surface area contributed by atoms with Crippen molar-refractivity contribution in [1.82, 2.24) is 0 Å². The number of anilines is 1. The van der Waals surface area contributed by atoms with E-state index in [-0.39, 0.29) is 0 Å². The van der Waals surface area contributed by atoms with E-state index in [1.54, 1.807) is 0 Å². The highest BCUT2D eigenvalue weighted by molar-refractivity contribution is 6.14. The number of hydrazone groups is 1. The molecular weight excluding hydrogens is 186 g/mol. The Bertz CT molecular complexity index is 288. The van der Waals surface area contributed by atoms with Gasteiger partial charge < -0.3 is 5.41 Å². The first-order chi connectivity index (χ1) is 7.36. The summed E-state index contributed by atoms with van der Waals surface area (Å²) in [5, 5.41) is 10.5. The van der Waals surface area contributed by atoms with Crippen molar-refractivity contribution in [3.8, 4) is 0 Å². The largest absolute Gasteiger partial charge is 0.307 e. The van der Waals surface area contributed by atoms with E-state index in [4.69, 9.17) is 5.41 Å². The van der Waals surface area contributed by atoms with Gasteiger partial charge in [-0.25, -0.2) is 0 Å². The molecule has 0 aliphatic carbocycles. The molecule has 0 heterocycles. The fourth-order valence-corrected chi connectivity index (χ4v) is 0.964. The zero-order valence-electron chi connectivity index (χ0n) is 9.62. The van der Waals surface area contributed by atoms with Crippen LogP contribution < -0.4 is 5.43 Å². The lowest BCUT2D eigenvalue weighted by Crippen LogP contribution is -1.89. The van der Waals surface area contributed by atoms with Crippen molar-refractivity contribution in [3.63, 3.8) is 0 Å². The maximum Gasteiger partial charge on any atom is 0.0648 e. The molecule has 0 unspecified atom stereocenters. The van der Waals surface area contributed by atoms with E-state index >= 15 is 0 Å². The van der Waals surface area contributed by atoms with E-state index in [1.165, 1.54) is 11.8 Å². The number of nitrogens with one attached hydrogen (secondary N) is 2. The molecule has 0 saturated carbocycles. The summed E-state index contributed by atoms with van der Waals surface area (Å²) in [5.74, 6) is 0. The highest BCUT2D eigenvalue weighted by Crippen LogP contribution is 2.09. The molecule has 0 aromatic heterocycles. The third-order valence-corrected chi connectivity index (χ3v) is 1.70. The van der Waals surface area contributed by atoms with Crippen LogP contribution in [0.5, 0.6) is 0 Å². The minimum Gasteiger partial charge on any atom is -0.307 e. The molecule has 0 amide bonds. The Hall–Kier alpha value is -1.64. The van der Waals surface area contributed by atoms with Gasteiger partial charge in [-0.1, -0.05) is 32.9 Å². The number of hydrogen-bond acceptors (Lipinski definition) is 3. The predicted molar refractivity (Wildman–Crippen MR) is 68.1 cm³/mol. The molecule has 2 N–H and O–H groups in total. The first-order valence-corrected chi connectivity index (χ1v) is 5.24. The van der Waals surface area contributed by atoms with Crippen LogP contribution in [-0.4, -0.2) is 12.4 Å². The second-order valence-electron chi connectivity index (χ2n) is 2.61. The van der Waals surface area contributed by atoms with Gasteiger partial charge in [0.15, 0.2) is 0 Å². The van der Waals surface area contributed by atoms with Crippen molar-refractivity contribution in [2.24, 2.45) is 5.10 Å². The molecule has 0 bridgehead atoms. The summed E-state index contributed by atoms with van der Waals surface area (Å²) < 4.78 is 0. The SMILES string of the molecule is CC.CCc1ccc(N/N=C\C=N)cc1. The van der Waals surface area contributed by atoms with Gasteiger partial charge in [-0.2, -0.15) is 5.10 Å². The highest BCUT2D eigenvalue weighted by atomic mass is 15.3. The average Bonchev–Trinajstić information content (AvgIpc) is 2.33. The lowest BCUT2D eigenvalue weighted by atomic mass is 10.2. The van der Waals surface area contributed by atoms with Crippen LogP contribution in [-0.2, 0) is 6.42 Å². The van der Waals surface area contributed by atoms with Crippen molar-refractivity contribution in [2.45, 2.75) is 27.2 Å². The molecule has 82 valence electrons. The van der Waals surface area contributed by atoms with Crippen LogP contribution in [0.4, 0.5) is 5.69 Å². The van der Waals surface area contributed by atoms with Gasteiger partial charge in [-0.3, -0.25) is 5.43 Å². The summed E-state index contributed by atoms with van der Waals surface area (Å²) in [4.78, 5) is 0. The highest BCUT2D eigenvalue weighted by Gasteiger charge is 1.89. The third-order valence-electron chi connectivity index (χ3n) is 1.70. The van der Waals surface area contributed by atoms with Crippen molar-refractivity contribution >= 4 is 18.1 Å². The molecule has 1 rings (SSSR count). The van der Waals surface area contributed by atoms with Gasteiger partial charge in [-0.15, -0.1) is 0 Å². The Morgan fingerprint density at radius 2 is 1.87 bits per heavy atom. The molecule has 0 saturated heterocycles. The Balaban J connectivity index is 0.000000921. The number of aryl methyl sites for hydroxylation is 1. The van der Waals surface area contributed by atoms with Gasteiger partial charge in [0.25, 0.3) is 0 Å². The fourth-order valence-electron chi connectivity index (χ4n) is 0.964. The van der Waals surface area contributed by atoms with Crippen molar-refractivity contribution in [3.05, 3.63) is 29.8 Å². The maximum absolute atomic E-state index is 6.72. The lowest BCUT2D eigenvalue weighted by Gasteiger charge is -2.00. The Morgan fingerprint density at radius 3 is 2.33 bits per heavy atom. The van der Waals surface area contributed by atoms with Crippen LogP contribution in [0.15, 0.2) is 29.4 Å². The monoisotopic (exact) mass is 205 g/mol. The lowest BCUT2D eigenvalue weighted by molar-refractivity contribution is 1.14. The first-order valence-electron chi connectivity index (χ1n) is 5.24. The van der Waals surface area contributed by atoms with Gasteiger partial charge in [0, 0.05) is 6.21 Å². The van der Waals surface area contributed by atoms with E-state index in [9.17, 15) is 0 Å². The molecule has 0 atom stereocenters. The molecule has 15 heavy (non-hydrogen) atoms. The zero-order valence-corrected chi connectivity index (χ0v) is 9.62. The molecule has 3 heteroatoms. The molecule has 1 aromatic rings. The molecular formula is C12H19N3. The summed E-state index contributed by atoms with van der Waals surface area (Å²) in [6.45, 7) is 6.12. The number of nitrogens with zero attached hydrogens (tertiary/aromatic N) is 1. The van der Waals surface area contributed by atoms with Crippen LogP contribution in [0.2, 0.25) is 0 Å². The summed E-state index contributed by atoms with van der Waals surface area (Å²) in [6.07, 6.45) is 3.57. The molecule has 0 aliphatic heterocycles. The van der Waals surface area contributed by atoms with E-state index in [0.29, 0.717) is 0 Å². The van der Waals surface area contributed by atoms with Gasteiger partial charge in [-0.05, 0) is 24.1 Å². The van der Waals surface area contributed by atoms with Crippen LogP contribution in [0.25, 0.3) is 0 Å². The number of benzene rings is 1. The Morgan fingerprint density at radius 1 is 1.27 bits per heavy atom. The molecule has 0 aliphatic rings. The van der Waals surface area contributed by atoms with Gasteiger partial charge in [0.2, 0.25) is 0 Å². The van der Waals surface area contributed by atoms with E-state index in [0.717, 1.165) is 18.3 Å². The standard InChI is InChI=1S/C10H13N3.C2H6/c1-2-9-3-5-10(6-4-9)13-12-8-7-11;1-2/h3-8,11,13H,2H2,1H3;1-2H3/b11-7?,12-8-;. The average molecular weight is 205 g/mol. The van der Waals surface area contributed by atoms with Gasteiger partial charge in [0.1, 0.15) is 0 Å². The normalized spacial score (nSPS) is 9.27. The molecule has 0 radical (unpaired) electrons. The molecule has 3 nitrogen and oxygen atoms in total. The Labute approximate surface area is 91.7 Å². The summed E-state index contributed by atoms with van der Waals surface area (Å²) in [6, 6.07) is 8.06. The van der Waals surface area contributed by atoms with Crippen LogP contribution in [0, 0.1) is 5.41 Å². The van der Waals surface area contributed by atoms with Crippen molar-refractivity contribution in [2.75, 3.05) is 5.43 Å². The number of rotatable bonds is 4. The van der Waals surface area contributed by atoms with Crippen molar-refractivity contribution in [1.29, 1.82) is 5.41 Å². The van der Waals surface area contributed by atoms with Gasteiger partial charge >= 0.3 is 0 Å². The first kappa shape index (κ1) is 13.4. The van der Waals surface area contributed by atoms with E-state index in [1.807, 2.05) is 26.0 Å². The van der Waals surface area contributed by atoms with E-state index < -0.39 is 0 Å². The minimum atomic E-state index is 0.940. The van der Waals surface area contributed by atoms with E-state index in [2.05, 4.69) is 29.6 Å². The number of hydrogen-bond donors (Lipinski definition) is 2. The van der Waals surface area contributed by atoms with Crippen LogP contribution in [0.3, 0.4) is 0 Å². The topological polar surface area (TPSA) is 48.2 Å². The van der Waals surface area contributed by atoms with Gasteiger partial charge in [0.05, 0.1) is 11.9 Å². The van der Waals surface area contributed by atoms with Crippen LogP contribution in [0.1, 0.15) is 26.3 Å². The second-order valence-corrected chi connectivity index (χ2v) is 2.61. The maximum atomic E-state index is 6.72. The smallest absolute Gasteiger partial charge is 0.0648 e. The molecule has 0 fully saturated rings. The summed E-state index contributed by atoms with van der Waals surface area (Å²) >= 11 is 0. The minimum absolute atomic E-state index is 0.940. The second kappa shape index (κ2) is 8.94. The zero-order chi connectivity index (χ0) is 11.5. The predicted octanol–water partition coefficient (Wildman–Crippen LogP) is 3.32. The quantitative estimate of drug-likeness (QED) is 0.575. The fraction of sp³-hybridized carbons (Fsp3) is 0.333. The summed E-state index contributed by atoms with van der Waals surface area (Å²) in [5.41, 5.74) is 5.06.